The van der Waals surface area contributed by atoms with Crippen molar-refractivity contribution in [2.45, 2.75) is 19.8 Å². The van der Waals surface area contributed by atoms with Gasteiger partial charge in [0.15, 0.2) is 0 Å². The highest BCUT2D eigenvalue weighted by molar-refractivity contribution is 6.31. The largest absolute Gasteiger partial charge is 0.326 e. The number of anilines is 3. The van der Waals surface area contributed by atoms with Crippen LogP contribution in [0.25, 0.3) is 0 Å². The maximum Gasteiger partial charge on any atom is 0.232 e. The Balaban J connectivity index is 1.84. The highest BCUT2D eigenvalue weighted by Crippen LogP contribution is 2.27. The number of halogens is 2. The molecule has 2 heterocycles. The van der Waals surface area contributed by atoms with Crippen molar-refractivity contribution in [3.63, 3.8) is 0 Å². The number of carbonyl (C=O) groups is 2. The van der Waals surface area contributed by atoms with Gasteiger partial charge in [-0.15, -0.1) is 0 Å². The molecule has 29 heavy (non-hydrogen) atoms. The molecule has 3 rings (SSSR count). The van der Waals surface area contributed by atoms with Crippen LogP contribution in [0.3, 0.4) is 0 Å². The fourth-order valence-corrected chi connectivity index (χ4v) is 2.93. The van der Waals surface area contributed by atoms with Crippen molar-refractivity contribution in [2.24, 2.45) is 0 Å². The number of pyridine rings is 2. The molecule has 3 aromatic rings. The Hall–Kier alpha value is -3.32. The lowest BCUT2D eigenvalue weighted by Crippen LogP contribution is -2.26. The summed E-state index contributed by atoms with van der Waals surface area (Å²) in [4.78, 5) is 33.9. The number of carbonyl (C=O) groups excluding carboxylic acids is 2. The van der Waals surface area contributed by atoms with Gasteiger partial charge in [0.05, 0.1) is 12.1 Å². The molecule has 6 nitrogen and oxygen atoms in total. The van der Waals surface area contributed by atoms with Crippen LogP contribution in [-0.4, -0.2) is 21.8 Å². The summed E-state index contributed by atoms with van der Waals surface area (Å²) < 4.78 is 13.6. The Morgan fingerprint density at radius 2 is 1.86 bits per heavy atom. The summed E-state index contributed by atoms with van der Waals surface area (Å²) >= 11 is 6.10. The van der Waals surface area contributed by atoms with Crippen LogP contribution in [0.2, 0.25) is 5.02 Å². The van der Waals surface area contributed by atoms with Gasteiger partial charge in [0.25, 0.3) is 0 Å². The van der Waals surface area contributed by atoms with E-state index in [0.29, 0.717) is 22.0 Å². The van der Waals surface area contributed by atoms with Crippen LogP contribution in [0.4, 0.5) is 21.6 Å². The molecule has 8 heteroatoms. The van der Waals surface area contributed by atoms with Gasteiger partial charge < -0.3 is 5.32 Å². The van der Waals surface area contributed by atoms with Gasteiger partial charge in [-0.25, -0.2) is 9.97 Å². The van der Waals surface area contributed by atoms with Crippen molar-refractivity contribution in [3.05, 3.63) is 77.5 Å². The Labute approximate surface area is 172 Å². The maximum atomic E-state index is 13.6. The van der Waals surface area contributed by atoms with Gasteiger partial charge >= 0.3 is 0 Å². The molecule has 0 bridgehead atoms. The number of amides is 2. The van der Waals surface area contributed by atoms with E-state index in [4.69, 9.17) is 11.6 Å². The molecule has 2 aromatic heterocycles. The molecule has 1 N–H and O–H groups in total. The van der Waals surface area contributed by atoms with E-state index in [-0.39, 0.29) is 30.5 Å². The zero-order chi connectivity index (χ0) is 20.8. The SMILES string of the molecule is CCC(=O)N(c1ccnc(F)c1)c1cc(NC(=O)Cc2ccccc2Cl)ccn1. The van der Waals surface area contributed by atoms with Crippen molar-refractivity contribution in [1.29, 1.82) is 0 Å². The predicted octanol–water partition coefficient (Wildman–Crippen LogP) is 4.53. The fourth-order valence-electron chi connectivity index (χ4n) is 2.73. The lowest BCUT2D eigenvalue weighted by Gasteiger charge is -2.21. The monoisotopic (exact) mass is 412 g/mol. The molecule has 0 saturated heterocycles. The first-order valence-corrected chi connectivity index (χ1v) is 9.29. The van der Waals surface area contributed by atoms with E-state index in [2.05, 4.69) is 15.3 Å². The minimum absolute atomic E-state index is 0.102. The van der Waals surface area contributed by atoms with Crippen molar-refractivity contribution in [3.8, 4) is 0 Å². The van der Waals surface area contributed by atoms with Crippen LogP contribution in [0, 0.1) is 5.95 Å². The average molecular weight is 413 g/mol. The van der Waals surface area contributed by atoms with Crippen LogP contribution >= 0.6 is 11.6 Å². The van der Waals surface area contributed by atoms with Crippen molar-refractivity contribution in [2.75, 3.05) is 10.2 Å². The van der Waals surface area contributed by atoms with Crippen LogP contribution in [-0.2, 0) is 16.0 Å². The maximum absolute atomic E-state index is 13.6. The van der Waals surface area contributed by atoms with Crippen molar-refractivity contribution >= 4 is 40.6 Å². The molecule has 0 fully saturated rings. The number of benzene rings is 1. The minimum Gasteiger partial charge on any atom is -0.326 e. The second-order valence-electron chi connectivity index (χ2n) is 6.14. The number of nitrogens with zero attached hydrogens (tertiary/aromatic N) is 3. The lowest BCUT2D eigenvalue weighted by molar-refractivity contribution is -0.117. The second kappa shape index (κ2) is 9.25. The number of rotatable bonds is 6. The standard InChI is InChI=1S/C21H18ClFN4O2/c1-2-21(29)27(16-8-10-24-18(23)13-16)19-12-15(7-9-25-19)26-20(28)11-14-5-3-4-6-17(14)22/h3-10,12-13H,2,11H2,1H3,(H,25,26,28). The number of hydrogen-bond acceptors (Lipinski definition) is 4. The molecule has 0 aliphatic rings. The zero-order valence-electron chi connectivity index (χ0n) is 15.6. The predicted molar refractivity (Wildman–Crippen MR) is 110 cm³/mol. The highest BCUT2D eigenvalue weighted by atomic mass is 35.5. The molecule has 2 amide bonds. The van der Waals surface area contributed by atoms with E-state index in [1.54, 1.807) is 43.3 Å². The van der Waals surface area contributed by atoms with E-state index in [9.17, 15) is 14.0 Å². The second-order valence-corrected chi connectivity index (χ2v) is 6.55. The van der Waals surface area contributed by atoms with E-state index in [1.807, 2.05) is 0 Å². The molecular formula is C21H18ClFN4O2. The summed E-state index contributed by atoms with van der Waals surface area (Å²) in [6, 6.07) is 12.9. The first-order chi connectivity index (χ1) is 14.0. The van der Waals surface area contributed by atoms with E-state index >= 15 is 0 Å². The molecule has 0 atom stereocenters. The van der Waals surface area contributed by atoms with Gasteiger partial charge in [-0.2, -0.15) is 4.39 Å². The third kappa shape index (κ3) is 5.14. The molecule has 0 radical (unpaired) electrons. The Morgan fingerprint density at radius 1 is 1.10 bits per heavy atom. The van der Waals surface area contributed by atoms with E-state index in [0.717, 1.165) is 6.07 Å². The summed E-state index contributed by atoms with van der Waals surface area (Å²) in [5.74, 6) is -0.986. The summed E-state index contributed by atoms with van der Waals surface area (Å²) in [6.07, 6.45) is 3.03. The molecule has 0 spiro atoms. The minimum atomic E-state index is -0.708. The highest BCUT2D eigenvalue weighted by Gasteiger charge is 2.19. The molecular weight excluding hydrogens is 395 g/mol. The van der Waals surface area contributed by atoms with Gasteiger partial charge in [0, 0.05) is 41.7 Å². The zero-order valence-corrected chi connectivity index (χ0v) is 16.4. The van der Waals surface area contributed by atoms with Crippen LogP contribution in [0.1, 0.15) is 18.9 Å². The molecule has 0 aliphatic carbocycles. The molecule has 1 aromatic carbocycles. The summed E-state index contributed by atoms with van der Waals surface area (Å²) in [7, 11) is 0. The Kier molecular flexibility index (Phi) is 6.51. The third-order valence-corrected chi connectivity index (χ3v) is 4.46. The van der Waals surface area contributed by atoms with Crippen molar-refractivity contribution < 1.29 is 14.0 Å². The lowest BCUT2D eigenvalue weighted by atomic mass is 10.1. The normalized spacial score (nSPS) is 10.4. The Bertz CT molecular complexity index is 1040. The van der Waals surface area contributed by atoms with Gasteiger partial charge in [-0.05, 0) is 23.8 Å². The molecule has 0 aliphatic heterocycles. The molecule has 148 valence electrons. The summed E-state index contributed by atoms with van der Waals surface area (Å²) in [5, 5.41) is 3.28. The Morgan fingerprint density at radius 3 is 2.59 bits per heavy atom. The summed E-state index contributed by atoms with van der Waals surface area (Å²) in [6.45, 7) is 1.70. The van der Waals surface area contributed by atoms with Crippen LogP contribution in [0.15, 0.2) is 60.9 Å². The van der Waals surface area contributed by atoms with E-state index in [1.165, 1.54) is 23.4 Å². The molecule has 0 unspecified atom stereocenters. The fraction of sp³-hybridized carbons (Fsp3) is 0.143. The van der Waals surface area contributed by atoms with Crippen molar-refractivity contribution in [1.82, 2.24) is 9.97 Å². The topological polar surface area (TPSA) is 75.2 Å². The van der Waals surface area contributed by atoms with Gasteiger partial charge in [-0.3, -0.25) is 14.5 Å². The smallest absolute Gasteiger partial charge is 0.232 e. The average Bonchev–Trinajstić information content (AvgIpc) is 2.70. The number of aromatic nitrogens is 2. The van der Waals surface area contributed by atoms with Gasteiger partial charge in [-0.1, -0.05) is 36.7 Å². The first kappa shape index (κ1) is 20.4. The van der Waals surface area contributed by atoms with Gasteiger partial charge in [0.1, 0.15) is 5.82 Å². The third-order valence-electron chi connectivity index (χ3n) is 4.09. The van der Waals surface area contributed by atoms with E-state index < -0.39 is 5.95 Å². The van der Waals surface area contributed by atoms with Crippen LogP contribution < -0.4 is 10.2 Å². The first-order valence-electron chi connectivity index (χ1n) is 8.91. The quantitative estimate of drug-likeness (QED) is 0.604. The van der Waals surface area contributed by atoms with Crippen LogP contribution in [0.5, 0.6) is 0 Å². The molecule has 0 saturated carbocycles. The number of nitrogens with one attached hydrogen (secondary N) is 1. The summed E-state index contributed by atoms with van der Waals surface area (Å²) in [5.41, 5.74) is 1.46. The van der Waals surface area contributed by atoms with Gasteiger partial charge in [0.2, 0.25) is 17.8 Å². The number of hydrogen-bond donors (Lipinski definition) is 1.